The summed E-state index contributed by atoms with van der Waals surface area (Å²) in [5.41, 5.74) is 4.07. The van der Waals surface area contributed by atoms with Crippen LogP contribution in [0.2, 0.25) is 0 Å². The number of thiazole rings is 1. The van der Waals surface area contributed by atoms with E-state index < -0.39 is 17.7 Å². The molecule has 1 atom stereocenters. The molecule has 0 radical (unpaired) electrons. The molecule has 3 aromatic carbocycles. The summed E-state index contributed by atoms with van der Waals surface area (Å²) in [6.07, 6.45) is 1.92. The molecule has 7 heteroatoms. The van der Waals surface area contributed by atoms with Crippen molar-refractivity contribution in [2.75, 3.05) is 11.5 Å². The number of unbranched alkanes of at least 4 members (excludes halogenated alkanes) is 1. The summed E-state index contributed by atoms with van der Waals surface area (Å²) in [6.45, 7) is 6.62. The van der Waals surface area contributed by atoms with Gasteiger partial charge in [-0.2, -0.15) is 0 Å². The standard InChI is InChI=1S/C30H28N2O4S/c1-4-5-15-36-22-8-6-7-21(17-22)27(33)25-26(20-12-9-18(2)10-13-20)32(29(35)28(25)34)30-31-23-14-11-19(3)16-24(23)37-30/h6-14,16-17,26,33H,4-5,15H2,1-3H3/b27-25+. The Morgan fingerprint density at radius 3 is 2.54 bits per heavy atom. The number of ether oxygens (including phenoxy) is 1. The van der Waals surface area contributed by atoms with E-state index >= 15 is 0 Å². The van der Waals surface area contributed by atoms with Crippen molar-refractivity contribution >= 4 is 44.1 Å². The zero-order chi connectivity index (χ0) is 26.1. The van der Waals surface area contributed by atoms with E-state index in [4.69, 9.17) is 4.74 Å². The molecule has 188 valence electrons. The van der Waals surface area contributed by atoms with Crippen molar-refractivity contribution < 1.29 is 19.4 Å². The molecule has 4 aromatic rings. The summed E-state index contributed by atoms with van der Waals surface area (Å²) in [6, 6.07) is 19.7. The van der Waals surface area contributed by atoms with Gasteiger partial charge in [-0.3, -0.25) is 14.5 Å². The predicted octanol–water partition coefficient (Wildman–Crippen LogP) is 6.72. The number of hydrogen-bond acceptors (Lipinski definition) is 6. The molecular formula is C30H28N2O4S. The van der Waals surface area contributed by atoms with Crippen LogP contribution in [0, 0.1) is 13.8 Å². The Morgan fingerprint density at radius 2 is 1.78 bits per heavy atom. The smallest absolute Gasteiger partial charge is 0.301 e. The number of fused-ring (bicyclic) bond motifs is 1. The minimum Gasteiger partial charge on any atom is -0.507 e. The van der Waals surface area contributed by atoms with Crippen LogP contribution in [-0.4, -0.2) is 28.4 Å². The van der Waals surface area contributed by atoms with E-state index in [1.807, 2.05) is 62.4 Å². The molecule has 0 spiro atoms. The lowest BCUT2D eigenvalue weighted by molar-refractivity contribution is -0.132. The number of aliphatic hydroxyl groups is 1. The molecular weight excluding hydrogens is 484 g/mol. The average Bonchev–Trinajstić information content (AvgIpc) is 3.42. The zero-order valence-electron chi connectivity index (χ0n) is 21.0. The predicted molar refractivity (Wildman–Crippen MR) is 147 cm³/mol. The number of benzene rings is 3. The number of ketones is 1. The second-order valence-corrected chi connectivity index (χ2v) is 10.3. The lowest BCUT2D eigenvalue weighted by atomic mass is 9.95. The number of rotatable bonds is 7. The summed E-state index contributed by atoms with van der Waals surface area (Å²) < 4.78 is 6.73. The van der Waals surface area contributed by atoms with E-state index in [9.17, 15) is 14.7 Å². The summed E-state index contributed by atoms with van der Waals surface area (Å²) in [5, 5.41) is 11.9. The molecule has 1 aromatic heterocycles. The maximum Gasteiger partial charge on any atom is 0.301 e. The first kappa shape index (κ1) is 24.7. The van der Waals surface area contributed by atoms with Crippen LogP contribution in [0.15, 0.2) is 72.3 Å². The number of anilines is 1. The Balaban J connectivity index is 1.64. The molecule has 0 aliphatic carbocycles. The summed E-state index contributed by atoms with van der Waals surface area (Å²) in [4.78, 5) is 33.0. The number of Topliss-reactive ketones (excluding diaryl/α,β-unsaturated/α-hetero) is 1. The van der Waals surface area contributed by atoms with E-state index in [-0.39, 0.29) is 11.3 Å². The van der Waals surface area contributed by atoms with Crippen molar-refractivity contribution in [3.05, 3.63) is 94.6 Å². The van der Waals surface area contributed by atoms with Crippen LogP contribution in [0.1, 0.15) is 48.1 Å². The fraction of sp³-hybridized carbons (Fsp3) is 0.233. The molecule has 1 amide bonds. The molecule has 1 fully saturated rings. The second kappa shape index (κ2) is 10.2. The lowest BCUT2D eigenvalue weighted by Crippen LogP contribution is -2.29. The van der Waals surface area contributed by atoms with Crippen molar-refractivity contribution in [1.29, 1.82) is 0 Å². The summed E-state index contributed by atoms with van der Waals surface area (Å²) in [7, 11) is 0. The second-order valence-electron chi connectivity index (χ2n) is 9.28. The van der Waals surface area contributed by atoms with Crippen LogP contribution in [0.25, 0.3) is 16.0 Å². The molecule has 1 N–H and O–H groups in total. The van der Waals surface area contributed by atoms with E-state index in [0.29, 0.717) is 23.1 Å². The Kier molecular flexibility index (Phi) is 6.80. The molecule has 37 heavy (non-hydrogen) atoms. The minimum absolute atomic E-state index is 0.0370. The van der Waals surface area contributed by atoms with E-state index in [1.165, 1.54) is 16.2 Å². The van der Waals surface area contributed by atoms with E-state index in [2.05, 4.69) is 11.9 Å². The topological polar surface area (TPSA) is 79.7 Å². The maximum atomic E-state index is 13.5. The highest BCUT2D eigenvalue weighted by Gasteiger charge is 2.48. The van der Waals surface area contributed by atoms with Crippen LogP contribution < -0.4 is 9.64 Å². The number of carbonyl (C=O) groups is 2. The maximum absolute atomic E-state index is 13.5. The first-order chi connectivity index (χ1) is 17.9. The number of aliphatic hydroxyl groups excluding tert-OH is 1. The summed E-state index contributed by atoms with van der Waals surface area (Å²) in [5.74, 6) is -1.08. The largest absolute Gasteiger partial charge is 0.507 e. The molecule has 6 nitrogen and oxygen atoms in total. The van der Waals surface area contributed by atoms with Crippen molar-refractivity contribution in [1.82, 2.24) is 4.98 Å². The van der Waals surface area contributed by atoms with E-state index in [0.717, 1.165) is 39.7 Å². The Bertz CT molecular complexity index is 1520. The number of nitrogens with zero attached hydrogens (tertiary/aromatic N) is 2. The fourth-order valence-corrected chi connectivity index (χ4v) is 5.53. The fourth-order valence-electron chi connectivity index (χ4n) is 4.44. The van der Waals surface area contributed by atoms with Crippen LogP contribution >= 0.6 is 11.3 Å². The summed E-state index contributed by atoms with van der Waals surface area (Å²) >= 11 is 1.36. The Hall–Kier alpha value is -3.97. The molecule has 1 saturated heterocycles. The molecule has 0 saturated carbocycles. The normalized spacial score (nSPS) is 17.1. The van der Waals surface area contributed by atoms with Crippen LogP contribution in [0.5, 0.6) is 5.75 Å². The molecule has 5 rings (SSSR count). The van der Waals surface area contributed by atoms with Gasteiger partial charge < -0.3 is 9.84 Å². The van der Waals surface area contributed by atoms with Gasteiger partial charge in [0.15, 0.2) is 5.13 Å². The number of aryl methyl sites for hydroxylation is 2. The third-order valence-electron chi connectivity index (χ3n) is 6.45. The lowest BCUT2D eigenvalue weighted by Gasteiger charge is -2.23. The highest BCUT2D eigenvalue weighted by atomic mass is 32.1. The Morgan fingerprint density at radius 1 is 1.03 bits per heavy atom. The van der Waals surface area contributed by atoms with Gasteiger partial charge in [0.2, 0.25) is 0 Å². The van der Waals surface area contributed by atoms with Gasteiger partial charge in [0.25, 0.3) is 5.78 Å². The van der Waals surface area contributed by atoms with E-state index in [1.54, 1.807) is 18.2 Å². The molecule has 1 unspecified atom stereocenters. The van der Waals surface area contributed by atoms with Gasteiger partial charge >= 0.3 is 5.91 Å². The minimum atomic E-state index is -0.813. The van der Waals surface area contributed by atoms with Crippen LogP contribution in [0.3, 0.4) is 0 Å². The monoisotopic (exact) mass is 512 g/mol. The van der Waals surface area contributed by atoms with Gasteiger partial charge in [0, 0.05) is 5.56 Å². The highest BCUT2D eigenvalue weighted by Crippen LogP contribution is 2.44. The molecule has 1 aliphatic heterocycles. The number of hydrogen-bond donors (Lipinski definition) is 1. The quantitative estimate of drug-likeness (QED) is 0.129. The van der Waals surface area contributed by atoms with Gasteiger partial charge in [-0.25, -0.2) is 4.98 Å². The highest BCUT2D eigenvalue weighted by molar-refractivity contribution is 7.22. The SMILES string of the molecule is CCCCOc1cccc(/C(O)=C2\C(=O)C(=O)N(c3nc4ccc(C)cc4s3)C2c2ccc(C)cc2)c1. The molecule has 2 heterocycles. The number of carbonyl (C=O) groups excluding carboxylic acids is 2. The average molecular weight is 513 g/mol. The first-order valence-electron chi connectivity index (χ1n) is 12.4. The third kappa shape index (κ3) is 4.74. The molecule has 1 aliphatic rings. The first-order valence-corrected chi connectivity index (χ1v) is 13.2. The Labute approximate surface area is 219 Å². The van der Waals surface area contributed by atoms with Crippen molar-refractivity contribution in [2.24, 2.45) is 0 Å². The van der Waals surface area contributed by atoms with Gasteiger partial charge in [-0.05, 0) is 55.7 Å². The van der Waals surface area contributed by atoms with Crippen molar-refractivity contribution in [2.45, 2.75) is 39.7 Å². The van der Waals surface area contributed by atoms with Gasteiger partial charge in [-0.15, -0.1) is 0 Å². The van der Waals surface area contributed by atoms with Gasteiger partial charge in [0.05, 0.1) is 28.4 Å². The third-order valence-corrected chi connectivity index (χ3v) is 7.47. The van der Waals surface area contributed by atoms with Crippen molar-refractivity contribution in [3.8, 4) is 5.75 Å². The van der Waals surface area contributed by atoms with Gasteiger partial charge in [-0.1, -0.05) is 72.7 Å². The van der Waals surface area contributed by atoms with Gasteiger partial charge in [0.1, 0.15) is 11.5 Å². The van der Waals surface area contributed by atoms with Crippen LogP contribution in [0.4, 0.5) is 5.13 Å². The molecule has 0 bridgehead atoms. The van der Waals surface area contributed by atoms with Crippen LogP contribution in [-0.2, 0) is 9.59 Å². The number of aromatic nitrogens is 1. The zero-order valence-corrected chi connectivity index (χ0v) is 21.8. The number of amides is 1. The van der Waals surface area contributed by atoms with Crippen molar-refractivity contribution in [3.63, 3.8) is 0 Å².